The van der Waals surface area contributed by atoms with Crippen LogP contribution in [0.5, 0.6) is 0 Å². The summed E-state index contributed by atoms with van der Waals surface area (Å²) in [5.74, 6) is 1.24. The van der Waals surface area contributed by atoms with E-state index in [1.807, 2.05) is 0 Å². The summed E-state index contributed by atoms with van der Waals surface area (Å²) in [4.78, 5) is 13.9. The van der Waals surface area contributed by atoms with Crippen molar-refractivity contribution in [2.24, 2.45) is 5.92 Å². The molecule has 1 rings (SSSR count). The molecule has 100 valence electrons. The van der Waals surface area contributed by atoms with Crippen molar-refractivity contribution >= 4 is 17.5 Å². The number of hydrogen-bond acceptors (Lipinski definition) is 2. The molecule has 17 heavy (non-hydrogen) atoms. The Labute approximate surface area is 110 Å². The van der Waals surface area contributed by atoms with Crippen LogP contribution < -0.4 is 5.32 Å². The van der Waals surface area contributed by atoms with Gasteiger partial charge in [-0.05, 0) is 38.3 Å². The fraction of sp³-hybridized carbons (Fsp3) is 0.923. The molecular weight excluding hydrogens is 236 g/mol. The predicted molar refractivity (Wildman–Crippen MR) is 72.4 cm³/mol. The van der Waals surface area contributed by atoms with Crippen molar-refractivity contribution in [2.45, 2.75) is 39.0 Å². The molecule has 3 nitrogen and oxygen atoms in total. The van der Waals surface area contributed by atoms with E-state index in [0.29, 0.717) is 18.2 Å². The highest BCUT2D eigenvalue weighted by molar-refractivity contribution is 6.17. The fourth-order valence-corrected chi connectivity index (χ4v) is 2.38. The van der Waals surface area contributed by atoms with E-state index in [-0.39, 0.29) is 5.91 Å². The summed E-state index contributed by atoms with van der Waals surface area (Å²) in [5, 5.41) is 2.98. The highest BCUT2D eigenvalue weighted by Gasteiger charge is 2.13. The molecule has 1 aliphatic heterocycles. The first kappa shape index (κ1) is 14.8. The minimum atomic E-state index is 0.135. The summed E-state index contributed by atoms with van der Waals surface area (Å²) in [6.07, 6.45) is 5.36. The van der Waals surface area contributed by atoms with Crippen LogP contribution in [-0.2, 0) is 4.79 Å². The van der Waals surface area contributed by atoms with Crippen LogP contribution in [0.15, 0.2) is 0 Å². The number of amides is 1. The normalized spacial score (nSPS) is 18.9. The van der Waals surface area contributed by atoms with Gasteiger partial charge in [-0.25, -0.2) is 0 Å². The summed E-state index contributed by atoms with van der Waals surface area (Å²) < 4.78 is 0. The molecule has 1 amide bonds. The second-order valence-electron chi connectivity index (χ2n) is 5.06. The van der Waals surface area contributed by atoms with Gasteiger partial charge in [0.25, 0.3) is 0 Å². The monoisotopic (exact) mass is 260 g/mol. The van der Waals surface area contributed by atoms with Gasteiger partial charge in [-0.15, -0.1) is 11.6 Å². The first-order valence-corrected chi connectivity index (χ1v) is 7.31. The standard InChI is InChI=1S/C13H25ClN2O/c1-12(10-15-13(17)6-5-7-14)11-16-8-3-2-4-9-16/h12H,2-11H2,1H3,(H,15,17). The molecule has 1 heterocycles. The molecule has 0 aromatic carbocycles. The van der Waals surface area contributed by atoms with Crippen LogP contribution in [0.1, 0.15) is 39.0 Å². The lowest BCUT2D eigenvalue weighted by molar-refractivity contribution is -0.121. The van der Waals surface area contributed by atoms with Crippen LogP contribution in [0.2, 0.25) is 0 Å². The average molecular weight is 261 g/mol. The second kappa shape index (κ2) is 8.76. The van der Waals surface area contributed by atoms with Gasteiger partial charge in [0.2, 0.25) is 5.91 Å². The lowest BCUT2D eigenvalue weighted by atomic mass is 10.1. The van der Waals surface area contributed by atoms with Crippen molar-refractivity contribution in [3.05, 3.63) is 0 Å². The van der Waals surface area contributed by atoms with Gasteiger partial charge in [-0.3, -0.25) is 4.79 Å². The van der Waals surface area contributed by atoms with Crippen LogP contribution in [0.4, 0.5) is 0 Å². The molecule has 0 spiro atoms. The molecular formula is C13H25ClN2O. The Bertz CT molecular complexity index is 217. The number of nitrogens with one attached hydrogen (secondary N) is 1. The molecule has 1 unspecified atom stereocenters. The first-order chi connectivity index (χ1) is 8.22. The van der Waals surface area contributed by atoms with Crippen molar-refractivity contribution in [3.63, 3.8) is 0 Å². The highest BCUT2D eigenvalue weighted by atomic mass is 35.5. The molecule has 0 saturated carbocycles. The lowest BCUT2D eigenvalue weighted by Crippen LogP contribution is -2.38. The van der Waals surface area contributed by atoms with E-state index < -0.39 is 0 Å². The molecule has 1 saturated heterocycles. The van der Waals surface area contributed by atoms with E-state index in [1.54, 1.807) is 0 Å². The number of nitrogens with zero attached hydrogens (tertiary/aromatic N) is 1. The number of halogens is 1. The van der Waals surface area contributed by atoms with Gasteiger partial charge in [-0.1, -0.05) is 13.3 Å². The van der Waals surface area contributed by atoms with Crippen LogP contribution >= 0.6 is 11.6 Å². The molecule has 1 aliphatic rings. The van der Waals surface area contributed by atoms with Gasteiger partial charge >= 0.3 is 0 Å². The molecule has 4 heteroatoms. The van der Waals surface area contributed by atoms with E-state index in [1.165, 1.54) is 32.4 Å². The van der Waals surface area contributed by atoms with Gasteiger partial charge in [-0.2, -0.15) is 0 Å². The number of likely N-dealkylation sites (tertiary alicyclic amines) is 1. The number of hydrogen-bond donors (Lipinski definition) is 1. The zero-order chi connectivity index (χ0) is 12.5. The molecule has 0 aromatic rings. The third-order valence-electron chi connectivity index (χ3n) is 3.20. The van der Waals surface area contributed by atoms with Crippen molar-refractivity contribution in [2.75, 3.05) is 32.1 Å². The van der Waals surface area contributed by atoms with Gasteiger partial charge < -0.3 is 10.2 Å². The van der Waals surface area contributed by atoms with E-state index in [0.717, 1.165) is 19.5 Å². The maximum Gasteiger partial charge on any atom is 0.220 e. The fourth-order valence-electron chi connectivity index (χ4n) is 2.25. The zero-order valence-electron chi connectivity index (χ0n) is 10.9. The maximum atomic E-state index is 11.4. The molecule has 1 fully saturated rings. The maximum absolute atomic E-state index is 11.4. The third kappa shape index (κ3) is 6.89. The van der Waals surface area contributed by atoms with Crippen molar-refractivity contribution < 1.29 is 4.79 Å². The zero-order valence-corrected chi connectivity index (χ0v) is 11.6. The molecule has 0 aromatic heterocycles. The summed E-state index contributed by atoms with van der Waals surface area (Å²) in [7, 11) is 0. The quantitative estimate of drug-likeness (QED) is 0.712. The van der Waals surface area contributed by atoms with Crippen molar-refractivity contribution in [1.29, 1.82) is 0 Å². The summed E-state index contributed by atoms with van der Waals surface area (Å²) in [6.45, 7) is 6.55. The van der Waals surface area contributed by atoms with Gasteiger partial charge in [0.15, 0.2) is 0 Å². The van der Waals surface area contributed by atoms with Crippen LogP contribution in [0, 0.1) is 5.92 Å². The first-order valence-electron chi connectivity index (χ1n) is 6.77. The molecule has 0 radical (unpaired) electrons. The number of carbonyl (C=O) groups is 1. The number of alkyl halides is 1. The topological polar surface area (TPSA) is 32.3 Å². The minimum absolute atomic E-state index is 0.135. The Hall–Kier alpha value is -0.280. The molecule has 1 atom stereocenters. The molecule has 0 aliphatic carbocycles. The van der Waals surface area contributed by atoms with Crippen LogP contribution in [0.3, 0.4) is 0 Å². The van der Waals surface area contributed by atoms with E-state index in [9.17, 15) is 4.79 Å². The summed E-state index contributed by atoms with van der Waals surface area (Å²) >= 11 is 5.55. The Kier molecular flexibility index (Phi) is 7.62. The van der Waals surface area contributed by atoms with Gasteiger partial charge in [0.05, 0.1) is 0 Å². The minimum Gasteiger partial charge on any atom is -0.356 e. The number of piperidine rings is 1. The predicted octanol–water partition coefficient (Wildman–Crippen LogP) is 2.24. The largest absolute Gasteiger partial charge is 0.356 e. The van der Waals surface area contributed by atoms with Crippen molar-refractivity contribution in [1.82, 2.24) is 10.2 Å². The Balaban J connectivity index is 2.07. The van der Waals surface area contributed by atoms with E-state index >= 15 is 0 Å². The van der Waals surface area contributed by atoms with Crippen LogP contribution in [-0.4, -0.2) is 42.9 Å². The van der Waals surface area contributed by atoms with E-state index in [2.05, 4.69) is 17.1 Å². The smallest absolute Gasteiger partial charge is 0.220 e. The Morgan fingerprint density at radius 1 is 1.35 bits per heavy atom. The number of rotatable bonds is 7. The molecule has 1 N–H and O–H groups in total. The van der Waals surface area contributed by atoms with Gasteiger partial charge in [0.1, 0.15) is 0 Å². The van der Waals surface area contributed by atoms with E-state index in [4.69, 9.17) is 11.6 Å². The summed E-state index contributed by atoms with van der Waals surface area (Å²) in [5.41, 5.74) is 0. The summed E-state index contributed by atoms with van der Waals surface area (Å²) in [6, 6.07) is 0. The average Bonchev–Trinajstić information content (AvgIpc) is 2.35. The highest BCUT2D eigenvalue weighted by Crippen LogP contribution is 2.10. The van der Waals surface area contributed by atoms with Crippen LogP contribution in [0.25, 0.3) is 0 Å². The Morgan fingerprint density at radius 3 is 2.71 bits per heavy atom. The number of carbonyl (C=O) groups excluding carboxylic acids is 1. The van der Waals surface area contributed by atoms with Gasteiger partial charge in [0, 0.05) is 25.4 Å². The Morgan fingerprint density at radius 2 is 2.06 bits per heavy atom. The lowest BCUT2D eigenvalue weighted by Gasteiger charge is -2.29. The SMILES string of the molecule is CC(CNC(=O)CCCCl)CN1CCCCC1. The third-order valence-corrected chi connectivity index (χ3v) is 3.47. The van der Waals surface area contributed by atoms with Crippen molar-refractivity contribution in [3.8, 4) is 0 Å². The molecule has 0 bridgehead atoms. The second-order valence-corrected chi connectivity index (χ2v) is 5.44.